The Kier molecular flexibility index (Phi) is 4.25. The van der Waals surface area contributed by atoms with Gasteiger partial charge in [0.1, 0.15) is 0 Å². The van der Waals surface area contributed by atoms with E-state index in [4.69, 9.17) is 11.6 Å². The van der Waals surface area contributed by atoms with Crippen molar-refractivity contribution in [3.05, 3.63) is 47.2 Å². The lowest BCUT2D eigenvalue weighted by Crippen LogP contribution is -2.39. The maximum atomic E-state index is 12.7. The van der Waals surface area contributed by atoms with Crippen molar-refractivity contribution in [3.63, 3.8) is 0 Å². The molecule has 22 heavy (non-hydrogen) atoms. The molecule has 118 valence electrons. The van der Waals surface area contributed by atoms with E-state index in [0.717, 1.165) is 18.4 Å². The minimum absolute atomic E-state index is 0.264. The van der Waals surface area contributed by atoms with E-state index < -0.39 is 10.0 Å². The summed E-state index contributed by atoms with van der Waals surface area (Å²) in [6.07, 6.45) is 5.20. The van der Waals surface area contributed by atoms with Crippen molar-refractivity contribution >= 4 is 21.6 Å². The Labute approximate surface area is 135 Å². The first-order chi connectivity index (χ1) is 10.5. The van der Waals surface area contributed by atoms with Gasteiger partial charge in [-0.15, -0.1) is 0 Å². The minimum Gasteiger partial charge on any atom is -0.270 e. The van der Waals surface area contributed by atoms with E-state index in [2.05, 4.69) is 5.10 Å². The lowest BCUT2D eigenvalue weighted by molar-refractivity contribution is 0.261. The van der Waals surface area contributed by atoms with Gasteiger partial charge in [-0.2, -0.15) is 9.40 Å². The minimum atomic E-state index is -3.47. The molecule has 7 heteroatoms. The van der Waals surface area contributed by atoms with Crippen LogP contribution >= 0.6 is 11.6 Å². The van der Waals surface area contributed by atoms with Crippen LogP contribution in [0, 0.1) is 6.92 Å². The fraction of sp³-hybridized carbons (Fsp3) is 0.400. The molecule has 0 amide bonds. The maximum absolute atomic E-state index is 12.7. The molecular formula is C15H18ClN3O2S. The van der Waals surface area contributed by atoms with Crippen molar-refractivity contribution in [1.29, 1.82) is 0 Å². The molecule has 1 fully saturated rings. The van der Waals surface area contributed by atoms with Crippen LogP contribution in [0.1, 0.15) is 24.4 Å². The third-order valence-electron chi connectivity index (χ3n) is 4.10. The molecule has 1 aromatic carbocycles. The number of aryl methyl sites for hydroxylation is 1. The summed E-state index contributed by atoms with van der Waals surface area (Å²) >= 11 is 6.05. The molecule has 1 aromatic heterocycles. The topological polar surface area (TPSA) is 55.2 Å². The molecule has 1 aliphatic heterocycles. The summed E-state index contributed by atoms with van der Waals surface area (Å²) in [5.74, 6) is 0. The summed E-state index contributed by atoms with van der Waals surface area (Å²) in [5, 5.41) is 4.72. The summed E-state index contributed by atoms with van der Waals surface area (Å²) in [7, 11) is -3.47. The van der Waals surface area contributed by atoms with Gasteiger partial charge in [-0.25, -0.2) is 8.42 Å². The van der Waals surface area contributed by atoms with Gasteiger partial charge in [0.05, 0.1) is 10.9 Å². The smallest absolute Gasteiger partial charge is 0.243 e. The SMILES string of the molecule is Cc1ccc(S(=O)(=O)N2CCC(n3cccn3)CC2)cc1Cl. The van der Waals surface area contributed by atoms with E-state index in [1.165, 1.54) is 10.4 Å². The summed E-state index contributed by atoms with van der Waals surface area (Å²) in [6, 6.07) is 7.05. The number of rotatable bonds is 3. The average Bonchev–Trinajstić information content (AvgIpc) is 3.04. The summed E-state index contributed by atoms with van der Waals surface area (Å²) < 4.78 is 28.8. The molecule has 0 atom stereocenters. The van der Waals surface area contributed by atoms with E-state index in [-0.39, 0.29) is 10.9 Å². The van der Waals surface area contributed by atoms with Gasteiger partial charge < -0.3 is 0 Å². The maximum Gasteiger partial charge on any atom is 0.243 e. The third kappa shape index (κ3) is 2.91. The predicted octanol–water partition coefficient (Wildman–Crippen LogP) is 2.87. The Morgan fingerprint density at radius 2 is 2.00 bits per heavy atom. The number of aromatic nitrogens is 2. The van der Waals surface area contributed by atoms with Crippen LogP contribution in [-0.4, -0.2) is 35.6 Å². The molecule has 0 saturated carbocycles. The van der Waals surface area contributed by atoms with Crippen molar-refractivity contribution in [2.45, 2.75) is 30.7 Å². The largest absolute Gasteiger partial charge is 0.270 e. The van der Waals surface area contributed by atoms with Gasteiger partial charge in [0.25, 0.3) is 0 Å². The molecule has 0 bridgehead atoms. The number of benzene rings is 1. The molecule has 0 N–H and O–H groups in total. The molecule has 0 radical (unpaired) electrons. The van der Waals surface area contributed by atoms with E-state index in [9.17, 15) is 8.42 Å². The fourth-order valence-electron chi connectivity index (χ4n) is 2.73. The Balaban J connectivity index is 1.75. The highest BCUT2D eigenvalue weighted by atomic mass is 35.5. The van der Waals surface area contributed by atoms with E-state index >= 15 is 0 Å². The highest BCUT2D eigenvalue weighted by molar-refractivity contribution is 7.89. The molecule has 0 unspecified atom stereocenters. The molecule has 0 spiro atoms. The zero-order valence-electron chi connectivity index (χ0n) is 12.3. The van der Waals surface area contributed by atoms with Gasteiger partial charge in [-0.05, 0) is 43.5 Å². The zero-order chi connectivity index (χ0) is 15.7. The molecular weight excluding hydrogens is 322 g/mol. The first kappa shape index (κ1) is 15.5. The molecule has 0 aliphatic carbocycles. The second-order valence-electron chi connectivity index (χ2n) is 5.53. The van der Waals surface area contributed by atoms with Crippen molar-refractivity contribution in [2.75, 3.05) is 13.1 Å². The van der Waals surface area contributed by atoms with E-state index in [1.54, 1.807) is 18.3 Å². The zero-order valence-corrected chi connectivity index (χ0v) is 13.9. The lowest BCUT2D eigenvalue weighted by Gasteiger charge is -2.31. The van der Waals surface area contributed by atoms with Gasteiger partial charge in [0, 0.05) is 30.5 Å². The second kappa shape index (κ2) is 6.02. The highest BCUT2D eigenvalue weighted by Crippen LogP contribution is 2.28. The molecule has 5 nitrogen and oxygen atoms in total. The Bertz CT molecular complexity index is 751. The number of nitrogens with zero attached hydrogens (tertiary/aromatic N) is 3. The molecule has 3 rings (SSSR count). The van der Waals surface area contributed by atoms with Crippen LogP contribution in [0.3, 0.4) is 0 Å². The van der Waals surface area contributed by atoms with Crippen molar-refractivity contribution < 1.29 is 8.42 Å². The van der Waals surface area contributed by atoms with Crippen LogP contribution < -0.4 is 0 Å². The molecule has 1 aliphatic rings. The van der Waals surface area contributed by atoms with Crippen molar-refractivity contribution in [3.8, 4) is 0 Å². The van der Waals surface area contributed by atoms with Crippen molar-refractivity contribution in [2.24, 2.45) is 0 Å². The summed E-state index contributed by atoms with van der Waals surface area (Å²) in [6.45, 7) is 2.85. The summed E-state index contributed by atoms with van der Waals surface area (Å²) in [4.78, 5) is 0.264. The molecule has 2 aromatic rings. The van der Waals surface area contributed by atoms with Crippen LogP contribution in [-0.2, 0) is 10.0 Å². The van der Waals surface area contributed by atoms with E-state index in [0.29, 0.717) is 18.1 Å². The average molecular weight is 340 g/mol. The quantitative estimate of drug-likeness (QED) is 0.864. The highest BCUT2D eigenvalue weighted by Gasteiger charge is 2.30. The predicted molar refractivity (Wildman–Crippen MR) is 85.4 cm³/mol. The molecule has 1 saturated heterocycles. The van der Waals surface area contributed by atoms with Gasteiger partial charge in [0.15, 0.2) is 0 Å². The van der Waals surface area contributed by atoms with E-state index in [1.807, 2.05) is 23.9 Å². The first-order valence-electron chi connectivity index (χ1n) is 7.24. The van der Waals surface area contributed by atoms with Crippen LogP contribution in [0.25, 0.3) is 0 Å². The van der Waals surface area contributed by atoms with Crippen molar-refractivity contribution in [1.82, 2.24) is 14.1 Å². The Morgan fingerprint density at radius 1 is 1.27 bits per heavy atom. The Hall–Kier alpha value is -1.37. The lowest BCUT2D eigenvalue weighted by atomic mass is 10.1. The monoisotopic (exact) mass is 339 g/mol. The normalized spacial score (nSPS) is 17.7. The van der Waals surface area contributed by atoms with Crippen LogP contribution in [0.15, 0.2) is 41.6 Å². The van der Waals surface area contributed by atoms with Gasteiger partial charge in [-0.3, -0.25) is 4.68 Å². The van der Waals surface area contributed by atoms with Crippen LogP contribution in [0.5, 0.6) is 0 Å². The fourth-order valence-corrected chi connectivity index (χ4v) is 4.47. The third-order valence-corrected chi connectivity index (χ3v) is 6.41. The number of halogens is 1. The number of piperidine rings is 1. The van der Waals surface area contributed by atoms with Gasteiger partial charge in [0.2, 0.25) is 10.0 Å². The molecule has 2 heterocycles. The van der Waals surface area contributed by atoms with Gasteiger partial charge >= 0.3 is 0 Å². The number of hydrogen-bond donors (Lipinski definition) is 0. The first-order valence-corrected chi connectivity index (χ1v) is 9.06. The van der Waals surface area contributed by atoms with Crippen LogP contribution in [0.4, 0.5) is 0 Å². The van der Waals surface area contributed by atoms with Crippen LogP contribution in [0.2, 0.25) is 5.02 Å². The Morgan fingerprint density at radius 3 is 2.59 bits per heavy atom. The number of sulfonamides is 1. The van der Waals surface area contributed by atoms with Gasteiger partial charge in [-0.1, -0.05) is 17.7 Å². The summed E-state index contributed by atoms with van der Waals surface area (Å²) in [5.41, 5.74) is 0.873. The number of hydrogen-bond acceptors (Lipinski definition) is 3. The second-order valence-corrected chi connectivity index (χ2v) is 7.88. The standard InChI is InChI=1S/C15H18ClN3O2S/c1-12-3-4-14(11-15(12)16)22(20,21)18-9-5-13(6-10-18)19-8-2-7-17-19/h2-4,7-8,11,13H,5-6,9-10H2,1H3.